The van der Waals surface area contributed by atoms with Crippen molar-refractivity contribution in [3.63, 3.8) is 0 Å². The molecular weight excluding hydrogens is 1520 g/mol. The fraction of sp³-hybridized carbons (Fsp3) is 0.500. The largest absolute Gasteiger partial charge is 0.467 e. The highest BCUT2D eigenvalue weighted by Crippen LogP contribution is 2.25. The van der Waals surface area contributed by atoms with Gasteiger partial charge in [-0.3, -0.25) is 62.5 Å². The van der Waals surface area contributed by atoms with Crippen LogP contribution < -0.4 is 76.1 Å². The Morgan fingerprint density at radius 1 is 0.466 bits per heavy atom. The molecule has 2 aliphatic heterocycles. The summed E-state index contributed by atoms with van der Waals surface area (Å²) < 4.78 is 15.7. The van der Waals surface area contributed by atoms with Gasteiger partial charge in [-0.2, -0.15) is 11.8 Å². The molecule has 4 aromatic carbocycles. The summed E-state index contributed by atoms with van der Waals surface area (Å²) in [6, 6.07) is 21.2. The number of primary amides is 2. The molecule has 10 atom stereocenters. The first-order chi connectivity index (χ1) is 55.6. The van der Waals surface area contributed by atoms with E-state index in [-0.39, 0.29) is 128 Å². The summed E-state index contributed by atoms with van der Waals surface area (Å²) in [4.78, 5) is 215. The van der Waals surface area contributed by atoms with Gasteiger partial charge in [-0.15, -0.1) is 0 Å². The van der Waals surface area contributed by atoms with E-state index in [2.05, 4.69) is 58.2 Å². The summed E-state index contributed by atoms with van der Waals surface area (Å²) >= 11 is 1.46. The Bertz CT molecular complexity index is 3960. The van der Waals surface area contributed by atoms with Crippen molar-refractivity contribution in [1.29, 1.82) is 0 Å². The van der Waals surface area contributed by atoms with Crippen LogP contribution >= 0.6 is 11.8 Å². The van der Waals surface area contributed by atoms with Crippen LogP contribution in [-0.2, 0) is 103 Å². The lowest BCUT2D eigenvalue weighted by Gasteiger charge is -2.32. The molecule has 0 aliphatic carbocycles. The van der Waals surface area contributed by atoms with Crippen molar-refractivity contribution in [1.82, 2.24) is 63.0 Å². The number of likely N-dealkylation sites (tertiary alicyclic amines) is 2. The van der Waals surface area contributed by atoms with Gasteiger partial charge in [0, 0.05) is 51.9 Å². The van der Waals surface area contributed by atoms with Crippen molar-refractivity contribution >= 4 is 107 Å². The predicted octanol–water partition coefficient (Wildman–Crippen LogP) is 0.912. The highest BCUT2D eigenvalue weighted by molar-refractivity contribution is 7.98. The standard InChI is InChI=1S/C80H111N17O18S/c1-50(2)44-60(71(104)92-59(38-43-116-4)77(110)113-3)88-67(100)47-87-68(101)61(45-51-22-9-5-10-23-51)93-72(105)62(46-52-24-11-6-12-25-52)94-70(103)55(34-36-65(81)98)89-69(102)56(35-37-66(82)99)90-73(106)63-32-20-41-96(63)75(108)57(30-17-18-39-86-79(111)114-48-53-26-13-7-14-27-53)91-74(107)64-33-21-42-97(64)76(109)58(31-19-40-85-78(83)84)95-80(112)115-49-54-28-15-8-16-29-54/h5-16,22-29,50,55-64H,17-21,30-49H2,1-4H3,(H2,81,98)(H2,82,99)(H,86,111)(H,87,101)(H,88,100)(H,89,102)(H,90,106)(H,91,107)(H,92,104)(H,93,105)(H,94,103)(H,95,112)(H4,83,84,85)/t55-,56-,57-,58-,59-,60-,61-,62-,63-,64-/m0/s1. The fourth-order valence-corrected chi connectivity index (χ4v) is 13.6. The zero-order chi connectivity index (χ0) is 84.5. The van der Waals surface area contributed by atoms with Gasteiger partial charge in [0.15, 0.2) is 5.96 Å². The van der Waals surface area contributed by atoms with Gasteiger partial charge < -0.3 is 100 Å². The minimum atomic E-state index is -1.70. The van der Waals surface area contributed by atoms with Crippen molar-refractivity contribution in [3.8, 4) is 0 Å². The van der Waals surface area contributed by atoms with Gasteiger partial charge in [0.05, 0.1) is 13.7 Å². The van der Waals surface area contributed by atoms with Crippen LogP contribution in [0.2, 0.25) is 0 Å². The van der Waals surface area contributed by atoms with Crippen molar-refractivity contribution in [2.45, 2.75) is 197 Å². The lowest BCUT2D eigenvalue weighted by Crippen LogP contribution is -2.60. The van der Waals surface area contributed by atoms with Crippen LogP contribution in [0.5, 0.6) is 0 Å². The number of ether oxygens (including phenoxy) is 3. The van der Waals surface area contributed by atoms with Crippen LogP contribution in [0.15, 0.2) is 126 Å². The molecule has 18 N–H and O–H groups in total. The maximum absolute atomic E-state index is 15.2. The Morgan fingerprint density at radius 2 is 0.897 bits per heavy atom. The number of amides is 14. The number of hydrogen-bond acceptors (Lipinski definition) is 20. The average Bonchev–Trinajstić information content (AvgIpc) is 1.64. The molecule has 0 radical (unpaired) electrons. The van der Waals surface area contributed by atoms with E-state index >= 15 is 4.79 Å². The van der Waals surface area contributed by atoms with Gasteiger partial charge in [-0.1, -0.05) is 135 Å². The summed E-state index contributed by atoms with van der Waals surface area (Å²) in [5.41, 5.74) is 24.9. The SMILES string of the molecule is COC(=O)[C@H](CCSC)NC(=O)[C@H](CC(C)C)NC(=O)CNC(=O)[C@H](Cc1ccccc1)NC(=O)[C@H](Cc1ccccc1)NC(=O)[C@H](CCC(N)=O)NC(=O)[C@H](CCC(N)=O)NC(=O)[C@@H]1CCCN1C(=O)[C@H](CCCCNC(=O)OCc1ccccc1)NC(=O)[C@@H]1CCCN1C(=O)[C@H](CCCN=C(N)N)NC(=O)OCc1ccccc1. The van der Waals surface area contributed by atoms with Crippen LogP contribution in [-0.4, -0.2) is 217 Å². The van der Waals surface area contributed by atoms with Crippen molar-refractivity contribution in [2.75, 3.05) is 51.8 Å². The molecular formula is C80H111N17O18S. The number of benzene rings is 4. The highest BCUT2D eigenvalue weighted by atomic mass is 32.2. The van der Waals surface area contributed by atoms with Crippen LogP contribution in [0.3, 0.4) is 0 Å². The summed E-state index contributed by atoms with van der Waals surface area (Å²) in [6.07, 6.45) is -0.208. The van der Waals surface area contributed by atoms with E-state index in [1.54, 1.807) is 115 Å². The first-order valence-corrected chi connectivity index (χ1v) is 40.2. The van der Waals surface area contributed by atoms with E-state index in [4.69, 9.17) is 37.1 Å². The van der Waals surface area contributed by atoms with Crippen LogP contribution in [0.4, 0.5) is 9.59 Å². The minimum Gasteiger partial charge on any atom is -0.467 e. The van der Waals surface area contributed by atoms with Crippen molar-refractivity contribution in [2.24, 2.45) is 33.8 Å². The fourth-order valence-electron chi connectivity index (χ4n) is 13.1. The number of hydrogen-bond donors (Lipinski definition) is 14. The molecule has 0 saturated carbocycles. The Kier molecular flexibility index (Phi) is 39.9. The zero-order valence-electron chi connectivity index (χ0n) is 66.0. The number of nitrogens with one attached hydrogen (secondary N) is 10. The number of alkyl carbamates (subject to hydrolysis) is 2. The number of carbonyl (C=O) groups is 15. The van der Waals surface area contributed by atoms with Gasteiger partial charge in [-0.25, -0.2) is 14.4 Å². The second-order valence-electron chi connectivity index (χ2n) is 28.6. The molecule has 35 nitrogen and oxygen atoms in total. The normalized spacial score (nSPS) is 15.6. The molecule has 0 spiro atoms. The maximum Gasteiger partial charge on any atom is 0.408 e. The lowest BCUT2D eigenvalue weighted by atomic mass is 10.0. The topological polar surface area (TPSA) is 527 Å². The number of unbranched alkanes of at least 4 members (excludes halogenated alkanes) is 1. The lowest BCUT2D eigenvalue weighted by molar-refractivity contribution is -0.145. The van der Waals surface area contributed by atoms with Crippen molar-refractivity contribution < 1.29 is 86.1 Å². The first kappa shape index (κ1) is 93.0. The number of rotatable bonds is 48. The summed E-state index contributed by atoms with van der Waals surface area (Å²) in [6.45, 7) is 3.13. The summed E-state index contributed by atoms with van der Waals surface area (Å²) in [5, 5.41) is 26.6. The second-order valence-corrected chi connectivity index (χ2v) is 29.6. The average molecular weight is 1630 g/mol. The smallest absolute Gasteiger partial charge is 0.408 e. The third kappa shape index (κ3) is 32.9. The van der Waals surface area contributed by atoms with Crippen LogP contribution in [0.1, 0.15) is 132 Å². The van der Waals surface area contributed by atoms with Gasteiger partial charge in [0.1, 0.15) is 73.6 Å². The number of aliphatic imine (C=N–C) groups is 1. The molecule has 4 aromatic rings. The third-order valence-corrected chi connectivity index (χ3v) is 19.7. The zero-order valence-corrected chi connectivity index (χ0v) is 66.8. The minimum absolute atomic E-state index is 0.00254. The van der Waals surface area contributed by atoms with E-state index in [9.17, 15) is 67.1 Å². The second kappa shape index (κ2) is 49.7. The molecule has 0 unspecified atom stereocenters. The third-order valence-electron chi connectivity index (χ3n) is 19.1. The quantitative estimate of drug-likeness (QED) is 0.00961. The molecule has 0 aromatic heterocycles. The highest BCUT2D eigenvalue weighted by Gasteiger charge is 2.43. The summed E-state index contributed by atoms with van der Waals surface area (Å²) in [5.74, 6) is -10.5. The van der Waals surface area contributed by atoms with Gasteiger partial charge >= 0.3 is 18.2 Å². The molecule has 116 heavy (non-hydrogen) atoms. The Labute approximate surface area is 678 Å². The summed E-state index contributed by atoms with van der Waals surface area (Å²) in [7, 11) is 1.19. The number of esters is 1. The van der Waals surface area contributed by atoms with Crippen molar-refractivity contribution in [3.05, 3.63) is 144 Å². The number of methoxy groups -OCH3 is 1. The maximum atomic E-state index is 15.2. The first-order valence-electron chi connectivity index (χ1n) is 38.8. The monoisotopic (exact) mass is 1630 g/mol. The number of nitrogens with two attached hydrogens (primary N) is 4. The number of carbonyl (C=O) groups excluding carboxylic acids is 15. The molecule has 14 amide bonds. The van der Waals surface area contributed by atoms with E-state index in [0.717, 1.165) is 5.56 Å². The predicted molar refractivity (Wildman–Crippen MR) is 430 cm³/mol. The van der Waals surface area contributed by atoms with Gasteiger partial charge in [0.2, 0.25) is 70.9 Å². The molecule has 2 heterocycles. The number of thioether (sulfide) groups is 1. The molecule has 6 rings (SSSR count). The van der Waals surface area contributed by atoms with Gasteiger partial charge in [0.25, 0.3) is 0 Å². The number of nitrogens with zero attached hydrogens (tertiary/aromatic N) is 3. The molecule has 630 valence electrons. The molecule has 36 heteroatoms. The Morgan fingerprint density at radius 3 is 1.38 bits per heavy atom. The van der Waals surface area contributed by atoms with Crippen LogP contribution in [0.25, 0.3) is 0 Å². The van der Waals surface area contributed by atoms with Crippen LogP contribution in [0, 0.1) is 5.92 Å². The molecule has 2 aliphatic rings. The van der Waals surface area contributed by atoms with Gasteiger partial charge in [-0.05, 0) is 124 Å². The van der Waals surface area contributed by atoms with E-state index in [1.165, 1.54) is 28.7 Å². The Balaban J connectivity index is 1.21. The number of guanidine groups is 1. The molecule has 2 fully saturated rings. The van der Waals surface area contributed by atoms with E-state index in [1.807, 2.05) is 26.2 Å². The molecule has 2 saturated heterocycles. The van der Waals surface area contributed by atoms with E-state index < -0.39 is 182 Å². The van der Waals surface area contributed by atoms with E-state index in [0.29, 0.717) is 28.9 Å². The Hall–Kier alpha value is -11.9. The molecule has 0 bridgehead atoms.